The first-order chi connectivity index (χ1) is 7.69. The van der Waals surface area contributed by atoms with Crippen molar-refractivity contribution in [2.45, 2.75) is 78.1 Å². The number of alkyl halides is 1. The molecular formula is C14H29ClO2. The van der Waals surface area contributed by atoms with Crippen molar-refractivity contribution in [1.29, 1.82) is 0 Å². The lowest BCUT2D eigenvalue weighted by Crippen LogP contribution is -2.41. The summed E-state index contributed by atoms with van der Waals surface area (Å²) in [5, 5.41) is 9.75. The molecule has 0 radical (unpaired) electrons. The molecule has 0 bridgehead atoms. The van der Waals surface area contributed by atoms with Crippen molar-refractivity contribution >= 4 is 11.6 Å². The van der Waals surface area contributed by atoms with Gasteiger partial charge in [-0.3, -0.25) is 0 Å². The van der Waals surface area contributed by atoms with E-state index in [4.69, 9.17) is 16.3 Å². The van der Waals surface area contributed by atoms with E-state index in [0.717, 1.165) is 19.3 Å². The summed E-state index contributed by atoms with van der Waals surface area (Å²) in [5.41, 5.74) is -0.303. The lowest BCUT2D eigenvalue weighted by Gasteiger charge is -2.39. The van der Waals surface area contributed by atoms with Crippen LogP contribution in [0.1, 0.15) is 60.8 Å². The highest BCUT2D eigenvalue weighted by Crippen LogP contribution is 2.32. The third-order valence-electron chi connectivity index (χ3n) is 3.69. The van der Waals surface area contributed by atoms with Crippen LogP contribution < -0.4 is 0 Å². The van der Waals surface area contributed by atoms with E-state index in [2.05, 4.69) is 34.6 Å². The van der Waals surface area contributed by atoms with Crippen molar-refractivity contribution in [3.8, 4) is 0 Å². The highest BCUT2D eigenvalue weighted by molar-refractivity contribution is 6.18. The van der Waals surface area contributed by atoms with Crippen molar-refractivity contribution in [1.82, 2.24) is 0 Å². The standard InChI is InChI=1S/C14H29ClO2/c1-7-13(4,5)17-14(6,8-2)9-11(3)12(16)10-15/h11-12,16H,7-10H2,1-6H3/t11?,12-,14?/m0/s1. The van der Waals surface area contributed by atoms with Crippen LogP contribution >= 0.6 is 11.6 Å². The predicted octanol–water partition coefficient (Wildman–Crippen LogP) is 3.99. The van der Waals surface area contributed by atoms with Crippen LogP contribution in [0.4, 0.5) is 0 Å². The number of aliphatic hydroxyl groups is 1. The van der Waals surface area contributed by atoms with Gasteiger partial charge in [0, 0.05) is 5.88 Å². The van der Waals surface area contributed by atoms with Crippen LogP contribution in [0.5, 0.6) is 0 Å². The van der Waals surface area contributed by atoms with Crippen LogP contribution in [-0.2, 0) is 4.74 Å². The summed E-state index contributed by atoms with van der Waals surface area (Å²) in [4.78, 5) is 0. The number of aliphatic hydroxyl groups excluding tert-OH is 1. The fraction of sp³-hybridized carbons (Fsp3) is 1.00. The molecule has 1 N–H and O–H groups in total. The molecule has 0 amide bonds. The van der Waals surface area contributed by atoms with E-state index in [1.165, 1.54) is 0 Å². The molecule has 17 heavy (non-hydrogen) atoms. The van der Waals surface area contributed by atoms with Gasteiger partial charge >= 0.3 is 0 Å². The summed E-state index contributed by atoms with van der Waals surface area (Å²) in [5.74, 6) is 0.447. The zero-order valence-corrected chi connectivity index (χ0v) is 13.0. The molecule has 0 rings (SSSR count). The summed E-state index contributed by atoms with van der Waals surface area (Å²) in [6.45, 7) is 12.6. The van der Waals surface area contributed by atoms with Crippen molar-refractivity contribution in [2.75, 3.05) is 5.88 Å². The molecule has 0 aliphatic heterocycles. The van der Waals surface area contributed by atoms with Gasteiger partial charge in [-0.1, -0.05) is 20.8 Å². The second-order valence-corrected chi connectivity index (χ2v) is 6.23. The maximum Gasteiger partial charge on any atom is 0.0702 e. The number of halogens is 1. The molecule has 0 aromatic carbocycles. The molecule has 0 aliphatic rings. The van der Waals surface area contributed by atoms with Crippen molar-refractivity contribution in [3.63, 3.8) is 0 Å². The minimum Gasteiger partial charge on any atom is -0.392 e. The Kier molecular flexibility index (Phi) is 7.05. The normalized spacial score (nSPS) is 19.8. The Morgan fingerprint density at radius 2 is 1.71 bits per heavy atom. The second kappa shape index (κ2) is 6.96. The Morgan fingerprint density at radius 1 is 1.18 bits per heavy atom. The Balaban J connectivity index is 4.57. The minimum absolute atomic E-state index is 0.115. The van der Waals surface area contributed by atoms with Crippen LogP contribution in [0.3, 0.4) is 0 Å². The average Bonchev–Trinajstić information content (AvgIpc) is 2.27. The van der Waals surface area contributed by atoms with Gasteiger partial charge in [0.15, 0.2) is 0 Å². The fourth-order valence-corrected chi connectivity index (χ4v) is 2.27. The lowest BCUT2D eigenvalue weighted by molar-refractivity contribution is -0.147. The third kappa shape index (κ3) is 6.08. The first-order valence-electron chi connectivity index (χ1n) is 6.64. The smallest absolute Gasteiger partial charge is 0.0702 e. The Labute approximate surface area is 112 Å². The molecule has 2 nitrogen and oxygen atoms in total. The minimum atomic E-state index is -0.448. The fourth-order valence-electron chi connectivity index (χ4n) is 1.97. The molecule has 2 unspecified atom stereocenters. The van der Waals surface area contributed by atoms with E-state index in [0.29, 0.717) is 0 Å². The first kappa shape index (κ1) is 17.2. The summed E-state index contributed by atoms with van der Waals surface area (Å²) < 4.78 is 6.23. The maximum absolute atomic E-state index is 9.75. The van der Waals surface area contributed by atoms with E-state index in [1.54, 1.807) is 0 Å². The van der Waals surface area contributed by atoms with Crippen LogP contribution in [0.2, 0.25) is 0 Å². The molecule has 3 atom stereocenters. The molecule has 0 saturated carbocycles. The molecule has 0 aliphatic carbocycles. The Morgan fingerprint density at radius 3 is 2.06 bits per heavy atom. The van der Waals surface area contributed by atoms with Gasteiger partial charge in [-0.05, 0) is 46.0 Å². The van der Waals surface area contributed by atoms with Gasteiger partial charge in [-0.2, -0.15) is 0 Å². The maximum atomic E-state index is 9.75. The van der Waals surface area contributed by atoms with Crippen LogP contribution in [0.15, 0.2) is 0 Å². The van der Waals surface area contributed by atoms with Gasteiger partial charge in [0.25, 0.3) is 0 Å². The van der Waals surface area contributed by atoms with Gasteiger partial charge in [0.2, 0.25) is 0 Å². The van der Waals surface area contributed by atoms with E-state index in [-0.39, 0.29) is 23.0 Å². The molecular weight excluding hydrogens is 236 g/mol. The molecule has 3 heteroatoms. The molecule has 0 spiro atoms. The largest absolute Gasteiger partial charge is 0.392 e. The van der Waals surface area contributed by atoms with Crippen molar-refractivity contribution in [2.24, 2.45) is 5.92 Å². The summed E-state index contributed by atoms with van der Waals surface area (Å²) in [7, 11) is 0. The number of hydrogen-bond acceptors (Lipinski definition) is 2. The predicted molar refractivity (Wildman–Crippen MR) is 74.7 cm³/mol. The number of ether oxygens (including phenoxy) is 1. The van der Waals surface area contributed by atoms with Gasteiger partial charge in [-0.15, -0.1) is 11.6 Å². The first-order valence-corrected chi connectivity index (χ1v) is 7.17. The molecule has 0 heterocycles. The zero-order chi connectivity index (χ0) is 13.7. The molecule has 0 aromatic heterocycles. The van der Waals surface area contributed by atoms with Crippen molar-refractivity contribution in [3.05, 3.63) is 0 Å². The van der Waals surface area contributed by atoms with E-state index >= 15 is 0 Å². The van der Waals surface area contributed by atoms with E-state index in [1.807, 2.05) is 6.92 Å². The van der Waals surface area contributed by atoms with Crippen LogP contribution in [0.25, 0.3) is 0 Å². The Bertz CT molecular complexity index is 218. The summed E-state index contributed by atoms with van der Waals surface area (Å²) in [6, 6.07) is 0. The van der Waals surface area contributed by atoms with E-state index in [9.17, 15) is 5.11 Å². The average molecular weight is 265 g/mol. The third-order valence-corrected chi connectivity index (χ3v) is 4.01. The number of hydrogen-bond donors (Lipinski definition) is 1. The quantitative estimate of drug-likeness (QED) is 0.672. The summed E-state index contributed by atoms with van der Waals surface area (Å²) >= 11 is 5.69. The number of rotatable bonds is 8. The van der Waals surface area contributed by atoms with Crippen molar-refractivity contribution < 1.29 is 9.84 Å². The van der Waals surface area contributed by atoms with Crippen LogP contribution in [0, 0.1) is 5.92 Å². The molecule has 0 aromatic rings. The Hall–Kier alpha value is 0.210. The lowest BCUT2D eigenvalue weighted by atomic mass is 9.87. The van der Waals surface area contributed by atoms with Crippen LogP contribution in [-0.4, -0.2) is 28.3 Å². The van der Waals surface area contributed by atoms with Gasteiger partial charge in [0.05, 0.1) is 17.3 Å². The molecule has 0 saturated heterocycles. The topological polar surface area (TPSA) is 29.5 Å². The second-order valence-electron chi connectivity index (χ2n) is 5.92. The molecule has 104 valence electrons. The highest BCUT2D eigenvalue weighted by Gasteiger charge is 2.33. The monoisotopic (exact) mass is 264 g/mol. The SMILES string of the molecule is CCC(C)(C)OC(C)(CC)CC(C)[C@@H](O)CCl. The zero-order valence-electron chi connectivity index (χ0n) is 12.2. The summed E-state index contributed by atoms with van der Waals surface area (Å²) in [6.07, 6.45) is 2.31. The van der Waals surface area contributed by atoms with E-state index < -0.39 is 6.10 Å². The van der Waals surface area contributed by atoms with Gasteiger partial charge in [-0.25, -0.2) is 0 Å². The highest BCUT2D eigenvalue weighted by atomic mass is 35.5. The van der Waals surface area contributed by atoms with Gasteiger partial charge in [0.1, 0.15) is 0 Å². The molecule has 0 fully saturated rings. The van der Waals surface area contributed by atoms with Gasteiger partial charge < -0.3 is 9.84 Å².